The first-order chi connectivity index (χ1) is 14.9. The molecule has 0 aromatic heterocycles. The van der Waals surface area contributed by atoms with Crippen LogP contribution in [0.1, 0.15) is 11.1 Å². The van der Waals surface area contributed by atoms with Crippen molar-refractivity contribution in [1.29, 1.82) is 0 Å². The second-order valence-corrected chi connectivity index (χ2v) is 7.04. The number of nitrogens with zero attached hydrogens (tertiary/aromatic N) is 4. The van der Waals surface area contributed by atoms with Crippen molar-refractivity contribution < 1.29 is 0 Å². The van der Waals surface area contributed by atoms with E-state index in [0.717, 1.165) is 48.1 Å². The van der Waals surface area contributed by atoms with Crippen LogP contribution in [-0.2, 0) is 0 Å². The first kappa shape index (κ1) is 23.3. The van der Waals surface area contributed by atoms with Gasteiger partial charge < -0.3 is 10.6 Å². The fraction of sp³-hybridized carbons (Fsp3) is 0.182. The minimum absolute atomic E-state index is 0. The summed E-state index contributed by atoms with van der Waals surface area (Å²) >= 11 is 0. The highest BCUT2D eigenvalue weighted by Crippen LogP contribution is 2.26. The average molecular weight is 471 g/mol. The Morgan fingerprint density at radius 1 is 0.750 bits per heavy atom. The van der Waals surface area contributed by atoms with Crippen molar-refractivity contribution in [3.05, 3.63) is 59.7 Å². The molecule has 8 nitrogen and oxygen atoms in total. The minimum Gasteiger partial charge on any atom is -0.353 e. The van der Waals surface area contributed by atoms with E-state index in [1.54, 1.807) is 6.21 Å². The van der Waals surface area contributed by atoms with Crippen LogP contribution in [-0.4, -0.2) is 50.5 Å². The van der Waals surface area contributed by atoms with Crippen LogP contribution in [0.25, 0.3) is 21.5 Å². The van der Waals surface area contributed by atoms with Crippen LogP contribution in [0.5, 0.6) is 0 Å². The second-order valence-electron chi connectivity index (χ2n) is 7.04. The number of hydrogen-bond donors (Lipinski definition) is 4. The maximum absolute atomic E-state index is 4.41. The van der Waals surface area contributed by atoms with Crippen LogP contribution in [0, 0.1) is 0 Å². The Morgan fingerprint density at radius 3 is 2.00 bits per heavy atom. The summed E-state index contributed by atoms with van der Waals surface area (Å²) in [4.78, 5) is 8.60. The molecule has 0 bridgehead atoms. The summed E-state index contributed by atoms with van der Waals surface area (Å²) in [6.45, 7) is 3.20. The lowest BCUT2D eigenvalue weighted by Gasteiger charge is -2.09. The zero-order chi connectivity index (χ0) is 20.2. The largest absolute Gasteiger partial charge is 0.353 e. The summed E-state index contributed by atoms with van der Waals surface area (Å²) in [5, 5.41) is 19.7. The van der Waals surface area contributed by atoms with Crippen molar-refractivity contribution >= 4 is 70.7 Å². The fourth-order valence-corrected chi connectivity index (χ4v) is 3.58. The van der Waals surface area contributed by atoms with Gasteiger partial charge in [0.1, 0.15) is 0 Å². The maximum Gasteiger partial charge on any atom is 0.212 e. The third-order valence-corrected chi connectivity index (χ3v) is 5.05. The molecule has 2 heterocycles. The number of halogens is 2. The van der Waals surface area contributed by atoms with Gasteiger partial charge in [0.15, 0.2) is 0 Å². The molecule has 2 aliphatic heterocycles. The van der Waals surface area contributed by atoms with Gasteiger partial charge in [0.25, 0.3) is 0 Å². The van der Waals surface area contributed by atoms with E-state index < -0.39 is 0 Å². The molecule has 0 radical (unpaired) electrons. The number of rotatable bonds is 4. The van der Waals surface area contributed by atoms with Gasteiger partial charge >= 0.3 is 0 Å². The number of aliphatic imine (C=N–C) groups is 2. The van der Waals surface area contributed by atoms with Crippen LogP contribution < -0.4 is 21.5 Å². The summed E-state index contributed by atoms with van der Waals surface area (Å²) in [5.74, 6) is 1.39. The lowest BCUT2D eigenvalue weighted by atomic mass is 9.97. The minimum atomic E-state index is 0. The summed E-state index contributed by atoms with van der Waals surface area (Å²) in [5.41, 5.74) is 7.87. The van der Waals surface area contributed by atoms with Crippen LogP contribution in [0.15, 0.2) is 68.7 Å². The van der Waals surface area contributed by atoms with Crippen LogP contribution in [0.2, 0.25) is 0 Å². The SMILES string of the molecule is C(=NNC1=NCCN1)c1ccc2cc3ccccc3cc2c1C=NNC1=NCCN1.Cl.Cl. The van der Waals surface area contributed by atoms with Crippen molar-refractivity contribution in [1.82, 2.24) is 21.5 Å². The molecule has 2 aliphatic rings. The third-order valence-electron chi connectivity index (χ3n) is 5.05. The van der Waals surface area contributed by atoms with Gasteiger partial charge in [-0.15, -0.1) is 24.8 Å². The molecular formula is C22H24Cl2N8. The number of guanidine groups is 2. The van der Waals surface area contributed by atoms with Gasteiger partial charge in [0, 0.05) is 24.2 Å². The van der Waals surface area contributed by atoms with E-state index in [4.69, 9.17) is 0 Å². The van der Waals surface area contributed by atoms with E-state index in [-0.39, 0.29) is 24.8 Å². The molecule has 3 aromatic rings. The molecule has 4 N–H and O–H groups in total. The molecular weight excluding hydrogens is 447 g/mol. The van der Waals surface area contributed by atoms with E-state index in [0.29, 0.717) is 11.9 Å². The Kier molecular flexibility index (Phi) is 7.86. The van der Waals surface area contributed by atoms with Gasteiger partial charge in [0.05, 0.1) is 25.5 Å². The Bertz CT molecular complexity index is 1220. The van der Waals surface area contributed by atoms with E-state index in [1.807, 2.05) is 6.21 Å². The van der Waals surface area contributed by atoms with Gasteiger partial charge in [-0.2, -0.15) is 10.2 Å². The maximum atomic E-state index is 4.41. The van der Waals surface area contributed by atoms with Gasteiger partial charge in [-0.05, 0) is 33.7 Å². The van der Waals surface area contributed by atoms with Crippen LogP contribution in [0.3, 0.4) is 0 Å². The number of hydrazone groups is 2. The van der Waals surface area contributed by atoms with Crippen molar-refractivity contribution in [2.45, 2.75) is 0 Å². The normalized spacial score (nSPS) is 15.1. The van der Waals surface area contributed by atoms with Crippen LogP contribution >= 0.6 is 24.8 Å². The quantitative estimate of drug-likeness (QED) is 0.267. The Balaban J connectivity index is 0.00000144. The summed E-state index contributed by atoms with van der Waals surface area (Å²) in [7, 11) is 0. The average Bonchev–Trinajstić information content (AvgIpc) is 3.48. The predicted molar refractivity (Wildman–Crippen MR) is 138 cm³/mol. The van der Waals surface area contributed by atoms with Crippen molar-refractivity contribution in [3.8, 4) is 0 Å². The number of fused-ring (bicyclic) bond motifs is 2. The molecule has 32 heavy (non-hydrogen) atoms. The van der Waals surface area contributed by atoms with E-state index in [1.165, 1.54) is 10.8 Å². The van der Waals surface area contributed by atoms with Crippen molar-refractivity contribution in [2.75, 3.05) is 26.2 Å². The van der Waals surface area contributed by atoms with Crippen molar-refractivity contribution in [3.63, 3.8) is 0 Å². The third kappa shape index (κ3) is 5.09. The zero-order valence-electron chi connectivity index (χ0n) is 17.2. The Labute approximate surface area is 198 Å². The molecule has 0 saturated heterocycles. The molecule has 166 valence electrons. The standard InChI is InChI=1S/C22H22N8.2ClH/c1-2-4-16-12-19-17(11-15(16)3-1)5-6-18(13-27-29-21-23-7-8-24-21)20(19)14-28-30-22-25-9-10-26-22;;/h1-6,11-14H,7-10H2,(H2,23,24,29)(H2,25,26,30);2*1H. The van der Waals surface area contributed by atoms with Crippen LogP contribution in [0.4, 0.5) is 0 Å². The van der Waals surface area contributed by atoms with E-state index in [2.05, 4.69) is 90.2 Å². The smallest absolute Gasteiger partial charge is 0.212 e. The number of benzene rings is 3. The topological polar surface area (TPSA) is 97.6 Å². The molecule has 10 heteroatoms. The second kappa shape index (κ2) is 10.8. The Morgan fingerprint density at radius 2 is 1.38 bits per heavy atom. The highest BCUT2D eigenvalue weighted by molar-refractivity contribution is 6.11. The first-order valence-electron chi connectivity index (χ1n) is 9.97. The molecule has 0 atom stereocenters. The predicted octanol–water partition coefficient (Wildman–Crippen LogP) is 2.60. The molecule has 0 fully saturated rings. The lowest BCUT2D eigenvalue weighted by molar-refractivity contribution is 0.919. The molecule has 0 amide bonds. The monoisotopic (exact) mass is 470 g/mol. The Hall–Kier alpha value is -3.36. The van der Waals surface area contributed by atoms with Gasteiger partial charge in [-0.25, -0.2) is 20.8 Å². The van der Waals surface area contributed by atoms with Gasteiger partial charge in [-0.1, -0.05) is 36.4 Å². The van der Waals surface area contributed by atoms with Gasteiger partial charge in [0.2, 0.25) is 11.9 Å². The number of hydrogen-bond acceptors (Lipinski definition) is 8. The van der Waals surface area contributed by atoms with Crippen molar-refractivity contribution in [2.24, 2.45) is 20.2 Å². The summed E-state index contributed by atoms with van der Waals surface area (Å²) in [6, 6.07) is 16.9. The van der Waals surface area contributed by atoms with Gasteiger partial charge in [-0.3, -0.25) is 0 Å². The molecule has 5 rings (SSSR count). The van der Waals surface area contributed by atoms with E-state index in [9.17, 15) is 0 Å². The summed E-state index contributed by atoms with van der Waals surface area (Å²) in [6.07, 6.45) is 3.62. The lowest BCUT2D eigenvalue weighted by Crippen LogP contribution is -2.30. The molecule has 0 saturated carbocycles. The molecule has 0 aliphatic carbocycles. The molecule has 3 aromatic carbocycles. The molecule has 0 spiro atoms. The van der Waals surface area contributed by atoms with E-state index >= 15 is 0 Å². The molecule has 0 unspecified atom stereocenters. The first-order valence-corrected chi connectivity index (χ1v) is 9.97. The summed E-state index contributed by atoms with van der Waals surface area (Å²) < 4.78 is 0. The zero-order valence-corrected chi connectivity index (χ0v) is 18.8. The highest BCUT2D eigenvalue weighted by atomic mass is 35.5. The number of nitrogens with one attached hydrogen (secondary N) is 4. The fourth-order valence-electron chi connectivity index (χ4n) is 3.58. The highest BCUT2D eigenvalue weighted by Gasteiger charge is 2.08.